The van der Waals surface area contributed by atoms with Crippen LogP contribution in [0.25, 0.3) is 0 Å². The molecule has 0 aromatic heterocycles. The van der Waals surface area contributed by atoms with Crippen LogP contribution in [-0.2, 0) is 14.3 Å². The number of carboxylic acids is 1. The molecule has 0 amide bonds. The van der Waals surface area contributed by atoms with Gasteiger partial charge in [0.2, 0.25) is 0 Å². The van der Waals surface area contributed by atoms with Gasteiger partial charge < -0.3 is 9.84 Å². The van der Waals surface area contributed by atoms with E-state index >= 15 is 0 Å². The summed E-state index contributed by atoms with van der Waals surface area (Å²) in [7, 11) is 0. The molecule has 0 rings (SSSR count). The zero-order valence-corrected chi connectivity index (χ0v) is 9.50. The Bertz CT molecular complexity index is 262. The molecule has 0 aliphatic carbocycles. The quantitative estimate of drug-likeness (QED) is 0.418. The summed E-state index contributed by atoms with van der Waals surface area (Å²) in [4.78, 5) is 22.0. The molecular formula is C11H18O4. The van der Waals surface area contributed by atoms with Gasteiger partial charge >= 0.3 is 11.9 Å². The van der Waals surface area contributed by atoms with Crippen LogP contribution in [-0.4, -0.2) is 23.7 Å². The normalized spacial score (nSPS) is 9.53. The summed E-state index contributed by atoms with van der Waals surface area (Å²) in [5.41, 5.74) is 0.942. The third-order valence-electron chi connectivity index (χ3n) is 1.91. The van der Waals surface area contributed by atoms with E-state index in [9.17, 15) is 9.59 Å². The molecule has 0 aromatic rings. The number of esters is 1. The third-order valence-corrected chi connectivity index (χ3v) is 1.91. The Morgan fingerprint density at radius 3 is 2.27 bits per heavy atom. The fraction of sp³-hybridized carbons (Fsp3) is 0.636. The molecule has 4 nitrogen and oxygen atoms in total. The first kappa shape index (κ1) is 13.7. The minimum Gasteiger partial charge on any atom is -0.481 e. The van der Waals surface area contributed by atoms with E-state index in [0.29, 0.717) is 12.2 Å². The van der Waals surface area contributed by atoms with Crippen molar-refractivity contribution in [3.63, 3.8) is 0 Å². The molecule has 0 saturated carbocycles. The molecule has 0 radical (unpaired) electrons. The number of unbranched alkanes of at least 4 members (excludes halogenated alkanes) is 1. The molecule has 0 aliphatic rings. The van der Waals surface area contributed by atoms with Crippen LogP contribution in [0.3, 0.4) is 0 Å². The topological polar surface area (TPSA) is 63.6 Å². The van der Waals surface area contributed by atoms with Crippen molar-refractivity contribution in [3.8, 4) is 0 Å². The van der Waals surface area contributed by atoms with Crippen LogP contribution in [0.5, 0.6) is 0 Å². The smallest absolute Gasteiger partial charge is 0.334 e. The lowest BCUT2D eigenvalue weighted by molar-refractivity contribution is -0.143. The van der Waals surface area contributed by atoms with Gasteiger partial charge in [-0.2, -0.15) is 0 Å². The average Bonchev–Trinajstić information content (AvgIpc) is 2.13. The Morgan fingerprint density at radius 2 is 1.87 bits per heavy atom. The van der Waals surface area contributed by atoms with Gasteiger partial charge in [0, 0.05) is 5.57 Å². The lowest BCUT2D eigenvalue weighted by atomic mass is 10.1. The van der Waals surface area contributed by atoms with Crippen LogP contribution in [0.2, 0.25) is 0 Å². The fourth-order valence-corrected chi connectivity index (χ4v) is 1.00. The number of ether oxygens (including phenoxy) is 1. The first-order valence-corrected chi connectivity index (χ1v) is 5.04. The second-order valence-electron chi connectivity index (χ2n) is 3.54. The van der Waals surface area contributed by atoms with E-state index in [0.717, 1.165) is 12.8 Å². The lowest BCUT2D eigenvalue weighted by Crippen LogP contribution is -2.13. The second-order valence-corrected chi connectivity index (χ2v) is 3.54. The molecule has 0 heterocycles. The molecule has 15 heavy (non-hydrogen) atoms. The molecule has 0 unspecified atom stereocenters. The van der Waals surface area contributed by atoms with Gasteiger partial charge in [-0.25, -0.2) is 4.79 Å². The van der Waals surface area contributed by atoms with Crippen molar-refractivity contribution in [2.45, 2.75) is 40.0 Å². The van der Waals surface area contributed by atoms with Gasteiger partial charge in [0.25, 0.3) is 0 Å². The van der Waals surface area contributed by atoms with Crippen molar-refractivity contribution in [1.29, 1.82) is 0 Å². The van der Waals surface area contributed by atoms with Crippen molar-refractivity contribution >= 4 is 11.9 Å². The molecule has 0 saturated heterocycles. The maximum atomic E-state index is 11.5. The molecule has 0 spiro atoms. The standard InChI is InChI=1S/C11H18O4/c1-4-5-6-15-11(14)9(8(2)3)7-10(12)13/h4-7H2,1-3H3,(H,12,13). The molecule has 0 bridgehead atoms. The number of hydrogen-bond acceptors (Lipinski definition) is 3. The van der Waals surface area contributed by atoms with Crippen LogP contribution in [0, 0.1) is 0 Å². The van der Waals surface area contributed by atoms with E-state index in [1.165, 1.54) is 0 Å². The van der Waals surface area contributed by atoms with Gasteiger partial charge in [0.1, 0.15) is 0 Å². The number of allylic oxidation sites excluding steroid dienone is 1. The zero-order valence-electron chi connectivity index (χ0n) is 9.50. The summed E-state index contributed by atoms with van der Waals surface area (Å²) in [5, 5.41) is 8.61. The van der Waals surface area contributed by atoms with E-state index in [-0.39, 0.29) is 12.0 Å². The molecule has 0 atom stereocenters. The van der Waals surface area contributed by atoms with Crippen LogP contribution in [0.15, 0.2) is 11.1 Å². The first-order chi connectivity index (χ1) is 6.99. The molecule has 0 aromatic carbocycles. The largest absolute Gasteiger partial charge is 0.481 e. The first-order valence-electron chi connectivity index (χ1n) is 5.04. The molecular weight excluding hydrogens is 196 g/mol. The average molecular weight is 214 g/mol. The zero-order chi connectivity index (χ0) is 11.8. The summed E-state index contributed by atoms with van der Waals surface area (Å²) < 4.78 is 4.95. The summed E-state index contributed by atoms with van der Waals surface area (Å²) in [6, 6.07) is 0. The third kappa shape index (κ3) is 5.88. The minimum absolute atomic E-state index is 0.249. The van der Waals surface area contributed by atoms with Crippen LogP contribution in [0.1, 0.15) is 40.0 Å². The highest BCUT2D eigenvalue weighted by molar-refractivity contribution is 5.94. The van der Waals surface area contributed by atoms with E-state index in [4.69, 9.17) is 9.84 Å². The monoisotopic (exact) mass is 214 g/mol. The predicted molar refractivity (Wildman–Crippen MR) is 56.5 cm³/mol. The lowest BCUT2D eigenvalue weighted by Gasteiger charge is -2.07. The Kier molecular flexibility index (Phi) is 6.42. The Hall–Kier alpha value is -1.32. The molecule has 86 valence electrons. The SMILES string of the molecule is CCCCOC(=O)C(CC(=O)O)=C(C)C. The number of carboxylic acid groups (broad SMARTS) is 1. The van der Waals surface area contributed by atoms with Crippen molar-refractivity contribution in [1.82, 2.24) is 0 Å². The summed E-state index contributed by atoms with van der Waals surface area (Å²) in [5.74, 6) is -1.52. The molecule has 1 N–H and O–H groups in total. The van der Waals surface area contributed by atoms with Crippen LogP contribution >= 0.6 is 0 Å². The highest BCUT2D eigenvalue weighted by atomic mass is 16.5. The van der Waals surface area contributed by atoms with Gasteiger partial charge in [-0.3, -0.25) is 4.79 Å². The van der Waals surface area contributed by atoms with E-state index in [2.05, 4.69) is 0 Å². The van der Waals surface area contributed by atoms with Gasteiger partial charge in [-0.05, 0) is 20.3 Å². The highest BCUT2D eigenvalue weighted by Crippen LogP contribution is 2.11. The highest BCUT2D eigenvalue weighted by Gasteiger charge is 2.15. The minimum atomic E-state index is -1.02. The maximum absolute atomic E-state index is 11.5. The van der Waals surface area contributed by atoms with Crippen LogP contribution in [0.4, 0.5) is 0 Å². The number of rotatable bonds is 6. The number of carbonyl (C=O) groups is 2. The van der Waals surface area contributed by atoms with E-state index in [1.54, 1.807) is 13.8 Å². The molecule has 0 aliphatic heterocycles. The summed E-state index contributed by atoms with van der Waals surface area (Å²) in [6.07, 6.45) is 1.47. The number of aliphatic carboxylic acids is 1. The summed E-state index contributed by atoms with van der Waals surface area (Å²) in [6.45, 7) is 5.76. The van der Waals surface area contributed by atoms with Crippen molar-refractivity contribution in [3.05, 3.63) is 11.1 Å². The second kappa shape index (κ2) is 7.04. The Balaban J connectivity index is 4.33. The van der Waals surface area contributed by atoms with Crippen LogP contribution < -0.4 is 0 Å². The number of carbonyl (C=O) groups excluding carboxylic acids is 1. The van der Waals surface area contributed by atoms with Gasteiger partial charge in [-0.15, -0.1) is 0 Å². The van der Waals surface area contributed by atoms with E-state index < -0.39 is 11.9 Å². The van der Waals surface area contributed by atoms with Crippen molar-refractivity contribution in [2.75, 3.05) is 6.61 Å². The van der Waals surface area contributed by atoms with E-state index in [1.807, 2.05) is 6.92 Å². The Morgan fingerprint density at radius 1 is 1.27 bits per heavy atom. The van der Waals surface area contributed by atoms with Gasteiger partial charge in [0.05, 0.1) is 13.0 Å². The fourth-order valence-electron chi connectivity index (χ4n) is 1.00. The maximum Gasteiger partial charge on any atom is 0.334 e. The van der Waals surface area contributed by atoms with Crippen molar-refractivity contribution < 1.29 is 19.4 Å². The molecule has 4 heteroatoms. The van der Waals surface area contributed by atoms with Gasteiger partial charge in [0.15, 0.2) is 0 Å². The Labute approximate surface area is 89.9 Å². The molecule has 0 fully saturated rings. The van der Waals surface area contributed by atoms with Crippen molar-refractivity contribution in [2.24, 2.45) is 0 Å². The summed E-state index contributed by atoms with van der Waals surface area (Å²) >= 11 is 0. The van der Waals surface area contributed by atoms with Gasteiger partial charge in [-0.1, -0.05) is 18.9 Å². The predicted octanol–water partition coefficient (Wildman–Crippen LogP) is 2.14. The number of hydrogen-bond donors (Lipinski definition) is 1.